The minimum atomic E-state index is -0.429. The van der Waals surface area contributed by atoms with Crippen molar-refractivity contribution in [1.29, 1.82) is 0 Å². The first-order chi connectivity index (χ1) is 9.58. The molecule has 0 aliphatic carbocycles. The molecule has 0 atom stereocenters. The SMILES string of the molecule is Nc1ncnc2c1c(I)cn2-c1ccc([N+](=O)[O-])cc1. The molecule has 0 fully saturated rings. The first kappa shape index (κ1) is 12.8. The summed E-state index contributed by atoms with van der Waals surface area (Å²) in [5, 5.41) is 11.5. The first-order valence-electron chi connectivity index (χ1n) is 5.60. The molecular weight excluding hydrogens is 373 g/mol. The third-order valence-corrected chi connectivity index (χ3v) is 3.72. The molecule has 20 heavy (non-hydrogen) atoms. The van der Waals surface area contributed by atoms with Gasteiger partial charge >= 0.3 is 0 Å². The maximum atomic E-state index is 10.7. The van der Waals surface area contributed by atoms with Crippen LogP contribution in [0, 0.1) is 13.7 Å². The van der Waals surface area contributed by atoms with Gasteiger partial charge in [-0.05, 0) is 34.7 Å². The predicted octanol–water partition coefficient (Wildman–Crippen LogP) is 2.52. The van der Waals surface area contributed by atoms with Gasteiger partial charge in [-0.1, -0.05) is 0 Å². The van der Waals surface area contributed by atoms with E-state index < -0.39 is 4.92 Å². The summed E-state index contributed by atoms with van der Waals surface area (Å²) >= 11 is 2.16. The van der Waals surface area contributed by atoms with Crippen molar-refractivity contribution in [2.45, 2.75) is 0 Å². The normalized spacial score (nSPS) is 10.8. The van der Waals surface area contributed by atoms with Crippen LogP contribution in [0.2, 0.25) is 0 Å². The number of halogens is 1. The van der Waals surface area contributed by atoms with Gasteiger partial charge < -0.3 is 10.3 Å². The summed E-state index contributed by atoms with van der Waals surface area (Å²) in [5.41, 5.74) is 7.36. The summed E-state index contributed by atoms with van der Waals surface area (Å²) < 4.78 is 2.76. The summed E-state index contributed by atoms with van der Waals surface area (Å²) in [6, 6.07) is 6.26. The lowest BCUT2D eigenvalue weighted by atomic mass is 10.3. The largest absolute Gasteiger partial charge is 0.383 e. The minimum Gasteiger partial charge on any atom is -0.383 e. The van der Waals surface area contributed by atoms with E-state index in [0.717, 1.165) is 14.6 Å². The van der Waals surface area contributed by atoms with Crippen LogP contribution < -0.4 is 5.73 Å². The summed E-state index contributed by atoms with van der Waals surface area (Å²) in [6.45, 7) is 0. The predicted molar refractivity (Wildman–Crippen MR) is 82.6 cm³/mol. The van der Waals surface area contributed by atoms with Gasteiger partial charge in [0.05, 0.1) is 10.3 Å². The molecule has 3 rings (SSSR count). The monoisotopic (exact) mass is 381 g/mol. The molecule has 0 bridgehead atoms. The molecule has 2 aromatic heterocycles. The fourth-order valence-electron chi connectivity index (χ4n) is 1.97. The van der Waals surface area contributed by atoms with Crippen molar-refractivity contribution in [3.05, 3.63) is 50.5 Å². The number of hydrogen-bond donors (Lipinski definition) is 1. The van der Waals surface area contributed by atoms with E-state index in [4.69, 9.17) is 5.73 Å². The summed E-state index contributed by atoms with van der Waals surface area (Å²) in [7, 11) is 0. The number of nitrogens with zero attached hydrogens (tertiary/aromatic N) is 4. The molecule has 1 aromatic carbocycles. The lowest BCUT2D eigenvalue weighted by molar-refractivity contribution is -0.384. The molecule has 2 heterocycles. The molecule has 0 spiro atoms. The average Bonchev–Trinajstić information content (AvgIpc) is 2.77. The van der Waals surface area contributed by atoms with Gasteiger partial charge in [-0.3, -0.25) is 10.1 Å². The van der Waals surface area contributed by atoms with Crippen LogP contribution in [-0.4, -0.2) is 19.5 Å². The Hall–Kier alpha value is -2.23. The van der Waals surface area contributed by atoms with Crippen LogP contribution in [0.3, 0.4) is 0 Å². The number of non-ortho nitro benzene ring substituents is 1. The minimum absolute atomic E-state index is 0.0500. The average molecular weight is 381 g/mol. The Morgan fingerprint density at radius 2 is 1.95 bits per heavy atom. The van der Waals surface area contributed by atoms with E-state index in [1.807, 2.05) is 10.8 Å². The Morgan fingerprint density at radius 1 is 1.25 bits per heavy atom. The highest BCUT2D eigenvalue weighted by molar-refractivity contribution is 14.1. The zero-order chi connectivity index (χ0) is 14.3. The number of benzene rings is 1. The maximum Gasteiger partial charge on any atom is 0.269 e. The first-order valence-corrected chi connectivity index (χ1v) is 6.67. The van der Waals surface area contributed by atoms with E-state index >= 15 is 0 Å². The van der Waals surface area contributed by atoms with Crippen molar-refractivity contribution in [2.24, 2.45) is 0 Å². The van der Waals surface area contributed by atoms with Gasteiger partial charge in [0, 0.05) is 27.6 Å². The van der Waals surface area contributed by atoms with Crippen molar-refractivity contribution in [1.82, 2.24) is 14.5 Å². The fraction of sp³-hybridized carbons (Fsp3) is 0. The highest BCUT2D eigenvalue weighted by Crippen LogP contribution is 2.28. The zero-order valence-electron chi connectivity index (χ0n) is 10.0. The third-order valence-electron chi connectivity index (χ3n) is 2.90. The van der Waals surface area contributed by atoms with E-state index in [1.165, 1.54) is 18.5 Å². The maximum absolute atomic E-state index is 10.7. The van der Waals surface area contributed by atoms with Gasteiger partial charge in [-0.15, -0.1) is 0 Å². The number of anilines is 1. The number of nitrogen functional groups attached to an aromatic ring is 1. The van der Waals surface area contributed by atoms with Crippen LogP contribution in [0.25, 0.3) is 16.7 Å². The highest BCUT2D eigenvalue weighted by atomic mass is 127. The molecular formula is C12H8IN5O2. The third kappa shape index (κ3) is 1.97. The standard InChI is InChI=1S/C12H8IN5O2/c13-9-5-17(12-10(9)11(14)15-6-16-12)7-1-3-8(4-2-7)18(19)20/h1-6H,(H2,14,15,16). The lowest BCUT2D eigenvalue weighted by Gasteiger charge is -2.04. The Labute approximate surface area is 126 Å². The van der Waals surface area contributed by atoms with E-state index in [1.54, 1.807) is 12.1 Å². The van der Waals surface area contributed by atoms with Crippen LogP contribution >= 0.6 is 22.6 Å². The Bertz CT molecular complexity index is 813. The molecule has 0 saturated carbocycles. The molecule has 100 valence electrons. The second-order valence-corrected chi connectivity index (χ2v) is 5.24. The van der Waals surface area contributed by atoms with E-state index in [9.17, 15) is 10.1 Å². The van der Waals surface area contributed by atoms with Crippen LogP contribution in [-0.2, 0) is 0 Å². The van der Waals surface area contributed by atoms with Crippen LogP contribution in [0.15, 0.2) is 36.8 Å². The molecule has 0 saturated heterocycles. The molecule has 8 heteroatoms. The van der Waals surface area contributed by atoms with Gasteiger partial charge in [-0.2, -0.15) is 0 Å². The Kier molecular flexibility index (Phi) is 3.01. The van der Waals surface area contributed by atoms with Gasteiger partial charge in [-0.25, -0.2) is 9.97 Å². The molecule has 0 unspecified atom stereocenters. The summed E-state index contributed by atoms with van der Waals surface area (Å²) in [5.74, 6) is 0.417. The van der Waals surface area contributed by atoms with Crippen LogP contribution in [0.4, 0.5) is 11.5 Å². The Balaban J connectivity index is 2.20. The van der Waals surface area contributed by atoms with Gasteiger partial charge in [0.15, 0.2) is 5.65 Å². The molecule has 0 aliphatic rings. The second-order valence-electron chi connectivity index (χ2n) is 4.08. The van der Waals surface area contributed by atoms with Crippen LogP contribution in [0.1, 0.15) is 0 Å². The number of nitrogens with two attached hydrogens (primary N) is 1. The zero-order valence-corrected chi connectivity index (χ0v) is 12.2. The molecule has 0 radical (unpaired) electrons. The number of hydrogen-bond acceptors (Lipinski definition) is 5. The van der Waals surface area contributed by atoms with E-state index in [-0.39, 0.29) is 5.69 Å². The van der Waals surface area contributed by atoms with Crippen molar-refractivity contribution in [3.63, 3.8) is 0 Å². The topological polar surface area (TPSA) is 99.9 Å². The van der Waals surface area contributed by atoms with Gasteiger partial charge in [0.25, 0.3) is 5.69 Å². The van der Waals surface area contributed by atoms with E-state index in [0.29, 0.717) is 11.5 Å². The molecule has 7 nitrogen and oxygen atoms in total. The van der Waals surface area contributed by atoms with Gasteiger partial charge in [0.1, 0.15) is 12.1 Å². The molecule has 3 aromatic rings. The van der Waals surface area contributed by atoms with Crippen molar-refractivity contribution in [3.8, 4) is 5.69 Å². The van der Waals surface area contributed by atoms with Crippen LogP contribution in [0.5, 0.6) is 0 Å². The quantitative estimate of drug-likeness (QED) is 0.418. The summed E-state index contributed by atoms with van der Waals surface area (Å²) in [6.07, 6.45) is 3.27. The summed E-state index contributed by atoms with van der Waals surface area (Å²) in [4.78, 5) is 18.4. The smallest absolute Gasteiger partial charge is 0.269 e. The lowest BCUT2D eigenvalue weighted by Crippen LogP contribution is -1.97. The highest BCUT2D eigenvalue weighted by Gasteiger charge is 2.13. The Morgan fingerprint density at radius 3 is 2.60 bits per heavy atom. The number of nitro benzene ring substituents is 1. The molecule has 0 amide bonds. The van der Waals surface area contributed by atoms with Crippen molar-refractivity contribution < 1.29 is 4.92 Å². The van der Waals surface area contributed by atoms with Crippen molar-refractivity contribution >= 4 is 45.1 Å². The second kappa shape index (κ2) is 4.71. The van der Waals surface area contributed by atoms with Crippen molar-refractivity contribution in [2.75, 3.05) is 5.73 Å². The number of fused-ring (bicyclic) bond motifs is 1. The fourth-order valence-corrected chi connectivity index (χ4v) is 2.77. The number of nitro groups is 1. The number of aromatic nitrogens is 3. The number of rotatable bonds is 2. The van der Waals surface area contributed by atoms with Gasteiger partial charge in [0.2, 0.25) is 0 Å². The van der Waals surface area contributed by atoms with E-state index in [2.05, 4.69) is 32.6 Å². The molecule has 0 aliphatic heterocycles. The molecule has 2 N–H and O–H groups in total.